The fourth-order valence-electron chi connectivity index (χ4n) is 3.07. The van der Waals surface area contributed by atoms with Crippen LogP contribution in [0.25, 0.3) is 0 Å². The number of thiazole rings is 1. The number of carbonyl (C=O) groups is 1. The van der Waals surface area contributed by atoms with Crippen LogP contribution in [0.2, 0.25) is 0 Å². The molecule has 1 saturated heterocycles. The van der Waals surface area contributed by atoms with Crippen molar-refractivity contribution in [3.8, 4) is 11.5 Å². The highest BCUT2D eigenvalue weighted by atomic mass is 32.1. The van der Waals surface area contributed by atoms with Gasteiger partial charge in [0, 0.05) is 55.1 Å². The van der Waals surface area contributed by atoms with Crippen LogP contribution in [0, 0.1) is 5.92 Å². The minimum absolute atomic E-state index is 0.230. The summed E-state index contributed by atoms with van der Waals surface area (Å²) in [4.78, 5) is 18.9. The van der Waals surface area contributed by atoms with E-state index in [-0.39, 0.29) is 6.03 Å². The Bertz CT molecular complexity index is 701. The van der Waals surface area contributed by atoms with Gasteiger partial charge in [-0.25, -0.2) is 9.78 Å². The Morgan fingerprint density at radius 2 is 2.08 bits per heavy atom. The van der Waals surface area contributed by atoms with E-state index in [2.05, 4.69) is 20.5 Å². The molecule has 1 aromatic carbocycles. The summed E-state index contributed by atoms with van der Waals surface area (Å²) in [6.45, 7) is 2.58. The van der Waals surface area contributed by atoms with Gasteiger partial charge in [0.2, 0.25) is 0 Å². The zero-order valence-electron chi connectivity index (χ0n) is 15.0. The number of anilines is 2. The molecule has 8 heteroatoms. The number of nitrogens with one attached hydrogen (secondary N) is 2. The van der Waals surface area contributed by atoms with Crippen LogP contribution < -0.4 is 25.0 Å². The summed E-state index contributed by atoms with van der Waals surface area (Å²) in [6.07, 6.45) is 4.05. The Morgan fingerprint density at radius 1 is 1.31 bits per heavy atom. The molecule has 1 aromatic heterocycles. The lowest BCUT2D eigenvalue weighted by atomic mass is 9.98. The smallest absolute Gasteiger partial charge is 0.319 e. The van der Waals surface area contributed by atoms with Crippen molar-refractivity contribution in [1.82, 2.24) is 10.3 Å². The van der Waals surface area contributed by atoms with E-state index >= 15 is 0 Å². The molecule has 1 fully saturated rings. The fraction of sp³-hybridized carbons (Fsp3) is 0.444. The number of amides is 2. The van der Waals surface area contributed by atoms with E-state index in [1.165, 1.54) is 0 Å². The number of methoxy groups -OCH3 is 2. The molecule has 0 spiro atoms. The molecule has 1 aliphatic heterocycles. The molecule has 2 N–H and O–H groups in total. The Balaban J connectivity index is 1.51. The number of rotatable bonds is 6. The first-order valence-corrected chi connectivity index (χ1v) is 9.48. The van der Waals surface area contributed by atoms with Crippen LogP contribution in [0.15, 0.2) is 29.8 Å². The minimum Gasteiger partial charge on any atom is -0.497 e. The lowest BCUT2D eigenvalue weighted by Gasteiger charge is -2.32. The van der Waals surface area contributed by atoms with Gasteiger partial charge in [0.15, 0.2) is 5.13 Å². The largest absolute Gasteiger partial charge is 0.497 e. The number of nitrogens with zero attached hydrogens (tertiary/aromatic N) is 2. The van der Waals surface area contributed by atoms with Gasteiger partial charge in [0.1, 0.15) is 11.5 Å². The highest BCUT2D eigenvalue weighted by Gasteiger charge is 2.22. The monoisotopic (exact) mass is 376 g/mol. The summed E-state index contributed by atoms with van der Waals surface area (Å²) in [7, 11) is 3.16. The van der Waals surface area contributed by atoms with Crippen LogP contribution in [-0.2, 0) is 0 Å². The summed E-state index contributed by atoms with van der Waals surface area (Å²) in [5.74, 6) is 1.68. The number of carbonyl (C=O) groups excluding carboxylic acids is 1. The maximum absolute atomic E-state index is 12.2. The second kappa shape index (κ2) is 8.75. The van der Waals surface area contributed by atoms with Gasteiger partial charge in [-0.3, -0.25) is 0 Å². The van der Waals surface area contributed by atoms with E-state index in [0.29, 0.717) is 29.6 Å². The van der Waals surface area contributed by atoms with Gasteiger partial charge >= 0.3 is 6.03 Å². The Hall–Kier alpha value is -2.48. The highest BCUT2D eigenvalue weighted by molar-refractivity contribution is 7.13. The van der Waals surface area contributed by atoms with E-state index in [0.717, 1.165) is 31.1 Å². The topological polar surface area (TPSA) is 75.7 Å². The number of hydrogen-bond donors (Lipinski definition) is 2. The molecule has 2 aromatic rings. The van der Waals surface area contributed by atoms with Crippen molar-refractivity contribution in [3.63, 3.8) is 0 Å². The average Bonchev–Trinajstić information content (AvgIpc) is 3.21. The van der Waals surface area contributed by atoms with Crippen molar-refractivity contribution in [2.75, 3.05) is 44.1 Å². The molecule has 0 aliphatic carbocycles. The second-order valence-corrected chi connectivity index (χ2v) is 7.08. The third kappa shape index (κ3) is 4.78. The lowest BCUT2D eigenvalue weighted by Crippen LogP contribution is -2.42. The third-order valence-corrected chi connectivity index (χ3v) is 5.20. The molecule has 2 heterocycles. The quantitative estimate of drug-likeness (QED) is 0.810. The van der Waals surface area contributed by atoms with Crippen molar-refractivity contribution in [2.45, 2.75) is 12.8 Å². The van der Waals surface area contributed by atoms with Gasteiger partial charge < -0.3 is 25.0 Å². The molecular weight excluding hydrogens is 352 g/mol. The maximum atomic E-state index is 12.2. The van der Waals surface area contributed by atoms with E-state index in [9.17, 15) is 4.79 Å². The molecule has 1 atom stereocenters. The first-order valence-electron chi connectivity index (χ1n) is 8.60. The first-order chi connectivity index (χ1) is 12.7. The summed E-state index contributed by atoms with van der Waals surface area (Å²) in [5.41, 5.74) is 0.631. The zero-order chi connectivity index (χ0) is 18.4. The minimum atomic E-state index is -0.230. The van der Waals surface area contributed by atoms with Gasteiger partial charge in [0.05, 0.1) is 14.2 Å². The molecule has 1 aliphatic rings. The molecule has 0 radical (unpaired) electrons. The average molecular weight is 376 g/mol. The molecule has 7 nitrogen and oxygen atoms in total. The Morgan fingerprint density at radius 3 is 2.73 bits per heavy atom. The van der Waals surface area contributed by atoms with Crippen LogP contribution in [0.4, 0.5) is 15.6 Å². The second-order valence-electron chi connectivity index (χ2n) is 6.21. The van der Waals surface area contributed by atoms with Crippen molar-refractivity contribution in [1.29, 1.82) is 0 Å². The standard InChI is InChI=1S/C18H24N4O3S/c1-24-15-8-14(9-16(10-15)25-2)21-17(23)20-11-13-4-3-6-22(12-13)18-19-5-7-26-18/h5,7-10,13H,3-4,6,11-12H2,1-2H3,(H2,20,21,23). The third-order valence-electron chi connectivity index (χ3n) is 4.37. The molecule has 0 bridgehead atoms. The normalized spacial score (nSPS) is 16.8. The van der Waals surface area contributed by atoms with E-state index in [4.69, 9.17) is 9.47 Å². The fourth-order valence-corrected chi connectivity index (χ4v) is 3.75. The first kappa shape index (κ1) is 18.3. The number of aromatic nitrogens is 1. The molecule has 1 unspecified atom stereocenters. The molecule has 140 valence electrons. The lowest BCUT2D eigenvalue weighted by molar-refractivity contribution is 0.249. The van der Waals surface area contributed by atoms with Crippen molar-refractivity contribution >= 4 is 28.2 Å². The van der Waals surface area contributed by atoms with Gasteiger partial charge in [0.25, 0.3) is 0 Å². The predicted molar refractivity (Wildman–Crippen MR) is 104 cm³/mol. The summed E-state index contributed by atoms with van der Waals surface area (Å²) < 4.78 is 10.4. The van der Waals surface area contributed by atoms with Crippen LogP contribution in [0.3, 0.4) is 0 Å². The van der Waals surface area contributed by atoms with Crippen molar-refractivity contribution < 1.29 is 14.3 Å². The van der Waals surface area contributed by atoms with E-state index in [1.54, 1.807) is 43.8 Å². The van der Waals surface area contributed by atoms with E-state index < -0.39 is 0 Å². The highest BCUT2D eigenvalue weighted by Crippen LogP contribution is 2.26. The van der Waals surface area contributed by atoms with Crippen molar-refractivity contribution in [3.05, 3.63) is 29.8 Å². The van der Waals surface area contributed by atoms with Gasteiger partial charge in [-0.05, 0) is 18.8 Å². The van der Waals surface area contributed by atoms with E-state index in [1.807, 2.05) is 11.6 Å². The molecule has 2 amide bonds. The maximum Gasteiger partial charge on any atom is 0.319 e. The number of hydrogen-bond acceptors (Lipinski definition) is 6. The van der Waals surface area contributed by atoms with Crippen molar-refractivity contribution in [2.24, 2.45) is 5.92 Å². The summed E-state index contributed by atoms with van der Waals surface area (Å²) in [6, 6.07) is 5.05. The number of benzene rings is 1. The van der Waals surface area contributed by atoms with Crippen LogP contribution in [0.1, 0.15) is 12.8 Å². The Labute approximate surface area is 157 Å². The van der Waals surface area contributed by atoms with Crippen LogP contribution in [-0.4, -0.2) is 44.9 Å². The van der Waals surface area contributed by atoms with Gasteiger partial charge in [-0.15, -0.1) is 11.3 Å². The number of ether oxygens (including phenoxy) is 2. The molecule has 0 saturated carbocycles. The number of piperidine rings is 1. The molecular formula is C18H24N4O3S. The van der Waals surface area contributed by atoms with Crippen LogP contribution in [0.5, 0.6) is 11.5 Å². The zero-order valence-corrected chi connectivity index (χ0v) is 15.8. The molecule has 26 heavy (non-hydrogen) atoms. The SMILES string of the molecule is COc1cc(NC(=O)NCC2CCCN(c3nccs3)C2)cc(OC)c1. The summed E-state index contributed by atoms with van der Waals surface area (Å²) in [5, 5.41) is 8.85. The predicted octanol–water partition coefficient (Wildman–Crippen LogP) is 3.20. The number of urea groups is 1. The summed E-state index contributed by atoms with van der Waals surface area (Å²) >= 11 is 1.66. The van der Waals surface area contributed by atoms with Crippen LogP contribution >= 0.6 is 11.3 Å². The van der Waals surface area contributed by atoms with Gasteiger partial charge in [-0.2, -0.15) is 0 Å². The molecule has 3 rings (SSSR count). The van der Waals surface area contributed by atoms with Gasteiger partial charge in [-0.1, -0.05) is 0 Å². The Kier molecular flexibility index (Phi) is 6.17.